The maximum Gasteiger partial charge on any atom is 0.316 e. The van der Waals surface area contributed by atoms with Gasteiger partial charge < -0.3 is 9.29 Å². The number of ether oxygens (including phenoxy) is 1. The molecule has 6 heteroatoms. The fourth-order valence-corrected chi connectivity index (χ4v) is 3.09. The molecule has 132 valence electrons. The van der Waals surface area contributed by atoms with Gasteiger partial charge in [-0.2, -0.15) is 0 Å². The predicted molar refractivity (Wildman–Crippen MR) is 94.1 cm³/mol. The molecule has 0 saturated heterocycles. The van der Waals surface area contributed by atoms with E-state index in [0.717, 1.165) is 0 Å². The van der Waals surface area contributed by atoms with Crippen LogP contribution in [0.25, 0.3) is 0 Å². The van der Waals surface area contributed by atoms with E-state index in [2.05, 4.69) is 4.40 Å². The molecule has 24 heavy (non-hydrogen) atoms. The summed E-state index contributed by atoms with van der Waals surface area (Å²) in [6, 6.07) is 4.92. The molecule has 0 spiro atoms. The zero-order valence-electron chi connectivity index (χ0n) is 14.8. The van der Waals surface area contributed by atoms with E-state index in [9.17, 15) is 9.35 Å². The molecule has 1 aromatic carbocycles. The van der Waals surface area contributed by atoms with Crippen molar-refractivity contribution >= 4 is 23.0 Å². The molecule has 0 aromatic heterocycles. The largest absolute Gasteiger partial charge is 0.591 e. The highest BCUT2D eigenvalue weighted by molar-refractivity contribution is 7.91. The quantitative estimate of drug-likeness (QED) is 0.461. The van der Waals surface area contributed by atoms with E-state index in [1.54, 1.807) is 32.0 Å². The molecule has 0 heterocycles. The molecule has 0 amide bonds. The lowest BCUT2D eigenvalue weighted by Gasteiger charge is -2.19. The summed E-state index contributed by atoms with van der Waals surface area (Å²) in [6.45, 7) is 9.08. The van der Waals surface area contributed by atoms with Gasteiger partial charge in [0.2, 0.25) is 0 Å². The molecule has 1 unspecified atom stereocenters. The second-order valence-electron chi connectivity index (χ2n) is 7.01. The Balaban J connectivity index is 2.39. The SMILES string of the molecule is CCOC(=O)C1(c2cccc(C(C)=N[S+]([O-])C(C)(C)C)c2F)CC1. The van der Waals surface area contributed by atoms with Crippen molar-refractivity contribution in [2.45, 2.75) is 57.6 Å². The van der Waals surface area contributed by atoms with Gasteiger partial charge in [0.25, 0.3) is 0 Å². The number of nitrogens with zero attached hydrogens (tertiary/aromatic N) is 1. The van der Waals surface area contributed by atoms with Crippen LogP contribution >= 0.6 is 0 Å². The highest BCUT2D eigenvalue weighted by Crippen LogP contribution is 2.50. The highest BCUT2D eigenvalue weighted by Gasteiger charge is 2.54. The highest BCUT2D eigenvalue weighted by atomic mass is 32.2. The van der Waals surface area contributed by atoms with Crippen LogP contribution in [0.4, 0.5) is 4.39 Å². The minimum Gasteiger partial charge on any atom is -0.591 e. The summed E-state index contributed by atoms with van der Waals surface area (Å²) in [7, 11) is 0. The van der Waals surface area contributed by atoms with Gasteiger partial charge in [-0.15, -0.1) is 0 Å². The first-order valence-electron chi connectivity index (χ1n) is 8.07. The van der Waals surface area contributed by atoms with Crippen molar-refractivity contribution in [2.24, 2.45) is 4.40 Å². The summed E-state index contributed by atoms with van der Waals surface area (Å²) >= 11 is -1.47. The lowest BCUT2D eigenvalue weighted by Crippen LogP contribution is -2.27. The van der Waals surface area contributed by atoms with Crippen molar-refractivity contribution in [1.82, 2.24) is 0 Å². The first kappa shape index (κ1) is 18.9. The van der Waals surface area contributed by atoms with E-state index in [4.69, 9.17) is 4.74 Å². The number of hydrogen-bond acceptors (Lipinski definition) is 4. The average molecular weight is 353 g/mol. The topological polar surface area (TPSA) is 61.7 Å². The number of rotatable bonds is 5. The Morgan fingerprint density at radius 3 is 2.54 bits per heavy atom. The summed E-state index contributed by atoms with van der Waals surface area (Å²) in [5.74, 6) is -0.857. The summed E-state index contributed by atoms with van der Waals surface area (Å²) < 4.78 is 35.9. The van der Waals surface area contributed by atoms with Gasteiger partial charge in [-0.25, -0.2) is 4.39 Å². The zero-order chi connectivity index (χ0) is 18.1. The number of halogens is 1. The normalized spacial score (nSPS) is 18.2. The minimum atomic E-state index is -1.47. The van der Waals surface area contributed by atoms with Gasteiger partial charge in [0.15, 0.2) is 0 Å². The molecule has 4 nitrogen and oxygen atoms in total. The van der Waals surface area contributed by atoms with Crippen LogP contribution in [0.5, 0.6) is 0 Å². The Bertz CT molecular complexity index is 663. The average Bonchev–Trinajstić information content (AvgIpc) is 3.28. The fourth-order valence-electron chi connectivity index (χ4n) is 2.47. The molecule has 1 fully saturated rings. The van der Waals surface area contributed by atoms with E-state index < -0.39 is 27.3 Å². The van der Waals surface area contributed by atoms with Crippen molar-refractivity contribution in [1.29, 1.82) is 0 Å². The Kier molecular flexibility index (Phi) is 5.40. The molecule has 1 aliphatic carbocycles. The molecule has 0 N–H and O–H groups in total. The zero-order valence-corrected chi connectivity index (χ0v) is 15.6. The van der Waals surface area contributed by atoms with Crippen LogP contribution in [0.15, 0.2) is 22.6 Å². The molecule has 0 radical (unpaired) electrons. The second-order valence-corrected chi connectivity index (χ2v) is 8.91. The third kappa shape index (κ3) is 3.64. The molecule has 1 atom stereocenters. The van der Waals surface area contributed by atoms with Gasteiger partial charge >= 0.3 is 5.97 Å². The number of hydrogen-bond donors (Lipinski definition) is 0. The summed E-state index contributed by atoms with van der Waals surface area (Å²) in [5, 5.41) is 0. The van der Waals surface area contributed by atoms with E-state index in [1.807, 2.05) is 20.8 Å². The first-order chi connectivity index (χ1) is 11.1. The molecule has 2 rings (SSSR count). The monoisotopic (exact) mass is 353 g/mol. The van der Waals surface area contributed by atoms with Crippen LogP contribution in [0, 0.1) is 5.82 Å². The van der Waals surface area contributed by atoms with E-state index in [-0.39, 0.29) is 18.1 Å². The molecule has 0 bridgehead atoms. The number of benzene rings is 1. The van der Waals surface area contributed by atoms with Gasteiger partial charge in [-0.05, 0) is 47.5 Å². The standard InChI is InChI=1S/C18H24FNO3S/c1-6-23-16(21)18(10-11-18)14-9-7-8-13(15(14)19)12(2)20-24(22)17(3,4)5/h7-9H,6,10-11H2,1-5H3. The van der Waals surface area contributed by atoms with E-state index in [1.165, 1.54) is 0 Å². The molecule has 1 aromatic rings. The van der Waals surface area contributed by atoms with Crippen LogP contribution < -0.4 is 0 Å². The Morgan fingerprint density at radius 2 is 2.04 bits per heavy atom. The number of carbonyl (C=O) groups is 1. The van der Waals surface area contributed by atoms with Crippen LogP contribution in [0.2, 0.25) is 0 Å². The van der Waals surface area contributed by atoms with Crippen LogP contribution in [0.1, 0.15) is 58.6 Å². The van der Waals surface area contributed by atoms with E-state index >= 15 is 4.39 Å². The van der Waals surface area contributed by atoms with Crippen molar-refractivity contribution in [3.05, 3.63) is 35.1 Å². The second kappa shape index (κ2) is 6.84. The lowest BCUT2D eigenvalue weighted by atomic mass is 9.92. The number of carbonyl (C=O) groups excluding carboxylic acids is 1. The molecule has 1 saturated carbocycles. The minimum absolute atomic E-state index is 0.271. The van der Waals surface area contributed by atoms with E-state index in [0.29, 0.717) is 24.1 Å². The van der Waals surface area contributed by atoms with Gasteiger partial charge in [0.1, 0.15) is 21.9 Å². The van der Waals surface area contributed by atoms with Crippen molar-refractivity contribution < 1.29 is 18.5 Å². The van der Waals surface area contributed by atoms with Crippen molar-refractivity contribution in [3.8, 4) is 0 Å². The summed E-state index contributed by atoms with van der Waals surface area (Å²) in [6.07, 6.45) is 1.16. The summed E-state index contributed by atoms with van der Waals surface area (Å²) in [5.41, 5.74) is 0.108. The Morgan fingerprint density at radius 1 is 1.42 bits per heavy atom. The molecular formula is C18H24FNO3S. The van der Waals surface area contributed by atoms with Gasteiger partial charge in [-0.1, -0.05) is 22.6 Å². The van der Waals surface area contributed by atoms with Crippen molar-refractivity contribution in [3.63, 3.8) is 0 Å². The van der Waals surface area contributed by atoms with Crippen molar-refractivity contribution in [2.75, 3.05) is 6.61 Å². The van der Waals surface area contributed by atoms with Gasteiger partial charge in [-0.3, -0.25) is 4.79 Å². The fraction of sp³-hybridized carbons (Fsp3) is 0.556. The van der Waals surface area contributed by atoms with Gasteiger partial charge in [0, 0.05) is 11.1 Å². The maximum atomic E-state index is 15.0. The third-order valence-corrected chi connectivity index (χ3v) is 5.55. The smallest absolute Gasteiger partial charge is 0.316 e. The first-order valence-corrected chi connectivity index (χ1v) is 9.18. The Hall–Kier alpha value is -1.40. The molecule has 1 aliphatic rings. The van der Waals surface area contributed by atoms with Gasteiger partial charge in [0.05, 0.1) is 17.7 Å². The predicted octanol–water partition coefficient (Wildman–Crippen LogP) is 3.69. The Labute approximate surface area is 145 Å². The van der Waals surface area contributed by atoms with Crippen LogP contribution in [-0.4, -0.2) is 27.6 Å². The van der Waals surface area contributed by atoms with Crippen LogP contribution in [0.3, 0.4) is 0 Å². The lowest BCUT2D eigenvalue weighted by molar-refractivity contribution is -0.146. The third-order valence-electron chi connectivity index (χ3n) is 4.06. The number of esters is 1. The summed E-state index contributed by atoms with van der Waals surface area (Å²) in [4.78, 5) is 12.2. The molecule has 0 aliphatic heterocycles. The maximum absolute atomic E-state index is 15.0. The molecular weight excluding hydrogens is 329 g/mol. The van der Waals surface area contributed by atoms with Crippen LogP contribution in [-0.2, 0) is 26.3 Å².